The van der Waals surface area contributed by atoms with Crippen molar-refractivity contribution < 1.29 is 27.4 Å². The maximum Gasteiger partial charge on any atom is 0.433 e. The molecule has 0 amide bonds. The molecule has 0 unspecified atom stereocenters. The first-order valence-electron chi connectivity index (χ1n) is 10.1. The smallest absolute Gasteiger partial charge is 0.433 e. The van der Waals surface area contributed by atoms with Gasteiger partial charge in [-0.2, -0.15) is 13.2 Å². The Labute approximate surface area is 177 Å². The van der Waals surface area contributed by atoms with Crippen LogP contribution in [0.4, 0.5) is 13.2 Å². The summed E-state index contributed by atoms with van der Waals surface area (Å²) in [5, 5.41) is 0. The van der Waals surface area contributed by atoms with Crippen molar-refractivity contribution in [2.75, 3.05) is 19.8 Å². The lowest BCUT2D eigenvalue weighted by molar-refractivity contribution is -0.141. The predicted molar refractivity (Wildman–Crippen MR) is 106 cm³/mol. The van der Waals surface area contributed by atoms with E-state index in [1.165, 1.54) is 12.1 Å². The number of hydrogen-bond acceptors (Lipinski definition) is 5. The SMILES string of the molecule is CCOc1cc(CC(=O)c2cccc(C(F)(F)F)n2)cn2cc(C3CCOCC3)nc12. The molecule has 0 spiro atoms. The van der Waals surface area contributed by atoms with Crippen LogP contribution >= 0.6 is 0 Å². The molecule has 0 N–H and O–H groups in total. The minimum Gasteiger partial charge on any atom is -0.490 e. The van der Waals surface area contributed by atoms with Crippen LogP contribution in [0.25, 0.3) is 5.65 Å². The second kappa shape index (κ2) is 8.66. The summed E-state index contributed by atoms with van der Waals surface area (Å²) in [5.41, 5.74) is 0.890. The highest BCUT2D eigenvalue weighted by atomic mass is 19.4. The fraction of sp³-hybridized carbons (Fsp3) is 0.409. The number of pyridine rings is 2. The minimum atomic E-state index is -4.60. The van der Waals surface area contributed by atoms with E-state index in [0.29, 0.717) is 42.7 Å². The van der Waals surface area contributed by atoms with Gasteiger partial charge < -0.3 is 13.9 Å². The van der Waals surface area contributed by atoms with E-state index >= 15 is 0 Å². The number of carbonyl (C=O) groups excluding carboxylic acids is 1. The van der Waals surface area contributed by atoms with Crippen LogP contribution in [0.15, 0.2) is 36.7 Å². The van der Waals surface area contributed by atoms with E-state index in [0.717, 1.165) is 24.6 Å². The van der Waals surface area contributed by atoms with Crippen molar-refractivity contribution in [2.45, 2.75) is 38.3 Å². The second-order valence-corrected chi connectivity index (χ2v) is 7.43. The van der Waals surface area contributed by atoms with Crippen LogP contribution in [0.2, 0.25) is 0 Å². The third-order valence-corrected chi connectivity index (χ3v) is 5.22. The highest BCUT2D eigenvalue weighted by Gasteiger charge is 2.33. The average Bonchev–Trinajstić information content (AvgIpc) is 3.18. The lowest BCUT2D eigenvalue weighted by Crippen LogP contribution is -2.14. The Bertz CT molecular complexity index is 1090. The molecular weight excluding hydrogens is 411 g/mol. The molecule has 164 valence electrons. The minimum absolute atomic E-state index is 0.102. The summed E-state index contributed by atoms with van der Waals surface area (Å²) >= 11 is 0. The molecule has 1 fully saturated rings. The molecule has 0 saturated carbocycles. The zero-order valence-electron chi connectivity index (χ0n) is 17.0. The Morgan fingerprint density at radius 1 is 1.23 bits per heavy atom. The van der Waals surface area contributed by atoms with Crippen LogP contribution in [0, 0.1) is 0 Å². The summed E-state index contributed by atoms with van der Waals surface area (Å²) in [6.07, 6.45) is 0.758. The first-order chi connectivity index (χ1) is 14.8. The topological polar surface area (TPSA) is 65.7 Å². The summed E-state index contributed by atoms with van der Waals surface area (Å²) in [6.45, 7) is 3.66. The lowest BCUT2D eigenvalue weighted by Gasteiger charge is -2.19. The monoisotopic (exact) mass is 433 g/mol. The number of aromatic nitrogens is 3. The van der Waals surface area contributed by atoms with Gasteiger partial charge in [0.25, 0.3) is 0 Å². The third-order valence-electron chi connectivity index (χ3n) is 5.22. The molecule has 9 heteroatoms. The van der Waals surface area contributed by atoms with Crippen LogP contribution in [-0.4, -0.2) is 40.0 Å². The number of halogens is 3. The summed E-state index contributed by atoms with van der Waals surface area (Å²) in [7, 11) is 0. The quantitative estimate of drug-likeness (QED) is 0.537. The van der Waals surface area contributed by atoms with Gasteiger partial charge >= 0.3 is 6.18 Å². The van der Waals surface area contributed by atoms with Gasteiger partial charge in [-0.05, 0) is 43.5 Å². The molecule has 1 aliphatic rings. The summed E-state index contributed by atoms with van der Waals surface area (Å²) in [4.78, 5) is 20.9. The van der Waals surface area contributed by atoms with Crippen LogP contribution in [0.1, 0.15) is 53.1 Å². The summed E-state index contributed by atoms with van der Waals surface area (Å²) in [6, 6.07) is 5.04. The number of rotatable bonds is 6. The van der Waals surface area contributed by atoms with Crippen LogP contribution < -0.4 is 4.74 Å². The molecule has 4 heterocycles. The second-order valence-electron chi connectivity index (χ2n) is 7.43. The molecule has 31 heavy (non-hydrogen) atoms. The van der Waals surface area contributed by atoms with Gasteiger partial charge in [-0.25, -0.2) is 9.97 Å². The van der Waals surface area contributed by atoms with Gasteiger partial charge in [-0.1, -0.05) is 6.07 Å². The van der Waals surface area contributed by atoms with Gasteiger partial charge in [0.15, 0.2) is 17.2 Å². The van der Waals surface area contributed by atoms with Gasteiger partial charge in [0.1, 0.15) is 11.4 Å². The zero-order chi connectivity index (χ0) is 22.0. The van der Waals surface area contributed by atoms with Crippen molar-refractivity contribution in [1.29, 1.82) is 0 Å². The standard InChI is InChI=1S/C22H22F3N3O3/c1-2-31-19-11-14(10-18(29)16-4-3-5-20(26-16)22(23,24)25)12-28-13-17(27-21(19)28)15-6-8-30-9-7-15/h3-5,11-13,15H,2,6-10H2,1H3. The van der Waals surface area contributed by atoms with E-state index in [-0.39, 0.29) is 12.1 Å². The predicted octanol–water partition coefficient (Wildman–Crippen LogP) is 4.47. The normalized spacial score (nSPS) is 15.4. The van der Waals surface area contributed by atoms with E-state index < -0.39 is 17.7 Å². The lowest BCUT2D eigenvalue weighted by atomic mass is 9.97. The molecule has 4 rings (SSSR count). The van der Waals surface area contributed by atoms with E-state index in [1.807, 2.05) is 17.5 Å². The Hall–Kier alpha value is -2.94. The van der Waals surface area contributed by atoms with Crippen molar-refractivity contribution in [2.24, 2.45) is 0 Å². The van der Waals surface area contributed by atoms with Crippen LogP contribution in [0.5, 0.6) is 5.75 Å². The van der Waals surface area contributed by atoms with Gasteiger partial charge in [-0.15, -0.1) is 0 Å². The van der Waals surface area contributed by atoms with Crippen molar-refractivity contribution >= 4 is 11.4 Å². The molecule has 0 atom stereocenters. The first kappa shape index (κ1) is 21.3. The number of hydrogen-bond donors (Lipinski definition) is 0. The van der Waals surface area contributed by atoms with E-state index in [2.05, 4.69) is 4.98 Å². The Balaban J connectivity index is 1.63. The summed E-state index contributed by atoms with van der Waals surface area (Å²) in [5.74, 6) is 0.322. The molecule has 1 aliphatic heterocycles. The average molecular weight is 433 g/mol. The van der Waals surface area contributed by atoms with Crippen LogP contribution in [-0.2, 0) is 17.3 Å². The number of imidazole rings is 1. The van der Waals surface area contributed by atoms with Crippen LogP contribution in [0.3, 0.4) is 0 Å². The van der Waals surface area contributed by atoms with Gasteiger partial charge in [0.2, 0.25) is 0 Å². The number of ketones is 1. The van der Waals surface area contributed by atoms with Crippen molar-refractivity contribution in [3.63, 3.8) is 0 Å². The van der Waals surface area contributed by atoms with Gasteiger partial charge in [-0.3, -0.25) is 4.79 Å². The fourth-order valence-corrected chi connectivity index (χ4v) is 3.71. The number of alkyl halides is 3. The third kappa shape index (κ3) is 4.71. The van der Waals surface area contributed by atoms with Gasteiger partial charge in [0, 0.05) is 37.9 Å². The first-order valence-corrected chi connectivity index (χ1v) is 10.1. The summed E-state index contributed by atoms with van der Waals surface area (Å²) < 4.78 is 51.7. The Kier molecular flexibility index (Phi) is 5.95. The van der Waals surface area contributed by atoms with E-state index in [1.54, 1.807) is 12.3 Å². The highest BCUT2D eigenvalue weighted by molar-refractivity contribution is 5.95. The van der Waals surface area contributed by atoms with E-state index in [4.69, 9.17) is 14.5 Å². The number of ether oxygens (including phenoxy) is 2. The molecular formula is C22H22F3N3O3. The van der Waals surface area contributed by atoms with Crippen molar-refractivity contribution in [1.82, 2.24) is 14.4 Å². The molecule has 6 nitrogen and oxygen atoms in total. The molecule has 0 aromatic carbocycles. The number of fused-ring (bicyclic) bond motifs is 1. The zero-order valence-corrected chi connectivity index (χ0v) is 17.0. The molecule has 0 bridgehead atoms. The van der Waals surface area contributed by atoms with Gasteiger partial charge in [0.05, 0.1) is 12.3 Å². The number of Topliss-reactive ketones (excluding diaryl/α,β-unsaturated/α-hetero) is 1. The Morgan fingerprint density at radius 2 is 2.00 bits per heavy atom. The molecule has 3 aromatic heterocycles. The fourth-order valence-electron chi connectivity index (χ4n) is 3.71. The Morgan fingerprint density at radius 3 is 2.71 bits per heavy atom. The largest absolute Gasteiger partial charge is 0.490 e. The maximum atomic E-state index is 12.9. The molecule has 0 aliphatic carbocycles. The van der Waals surface area contributed by atoms with E-state index in [9.17, 15) is 18.0 Å². The van der Waals surface area contributed by atoms with Crippen molar-refractivity contribution in [3.05, 3.63) is 59.3 Å². The van der Waals surface area contributed by atoms with Crippen molar-refractivity contribution in [3.8, 4) is 5.75 Å². The maximum absolute atomic E-state index is 12.9. The highest BCUT2D eigenvalue weighted by Crippen LogP contribution is 2.30. The molecule has 3 aromatic rings. The number of carbonyl (C=O) groups is 1. The molecule has 1 saturated heterocycles. The molecule has 0 radical (unpaired) electrons. The number of nitrogens with zero attached hydrogens (tertiary/aromatic N) is 3.